The van der Waals surface area contributed by atoms with Gasteiger partial charge in [0.2, 0.25) is 0 Å². The van der Waals surface area contributed by atoms with Crippen molar-refractivity contribution in [3.8, 4) is 0 Å². The molecule has 0 radical (unpaired) electrons. The van der Waals surface area contributed by atoms with E-state index in [1.165, 1.54) is 12.8 Å². The van der Waals surface area contributed by atoms with Crippen molar-refractivity contribution in [1.82, 2.24) is 0 Å². The highest BCUT2D eigenvalue weighted by atomic mass is 14.8. The van der Waals surface area contributed by atoms with E-state index in [0.717, 1.165) is 18.4 Å². The lowest BCUT2D eigenvalue weighted by atomic mass is 9.45. The van der Waals surface area contributed by atoms with Gasteiger partial charge < -0.3 is 5.73 Å². The Balaban J connectivity index is 2.28. The summed E-state index contributed by atoms with van der Waals surface area (Å²) in [5, 5.41) is 0. The summed E-state index contributed by atoms with van der Waals surface area (Å²) >= 11 is 0. The molecule has 0 aromatic rings. The number of fused-ring (bicyclic) bond motifs is 1. The molecular weight excluding hydrogens is 134 g/mol. The van der Waals surface area contributed by atoms with Crippen LogP contribution in [0.3, 0.4) is 0 Å². The summed E-state index contributed by atoms with van der Waals surface area (Å²) in [6.45, 7) is 8.16. The second kappa shape index (κ2) is 1.82. The van der Waals surface area contributed by atoms with E-state index in [-0.39, 0.29) is 0 Å². The van der Waals surface area contributed by atoms with E-state index in [2.05, 4.69) is 20.8 Å². The average Bonchev–Trinajstić information content (AvgIpc) is 2.38. The minimum Gasteiger partial charge on any atom is -0.330 e. The fourth-order valence-electron chi connectivity index (χ4n) is 3.70. The standard InChI is InChI=1S/C10H19N/c1-9(2)7-4-5-10(9,3)8(7)6-11/h7-8H,4-6,11H2,1-3H3/t7-,8+,10-/m0/s1. The largest absolute Gasteiger partial charge is 0.330 e. The summed E-state index contributed by atoms with van der Waals surface area (Å²) in [6, 6.07) is 0. The molecule has 3 aliphatic carbocycles. The van der Waals surface area contributed by atoms with Gasteiger partial charge in [0, 0.05) is 0 Å². The Morgan fingerprint density at radius 3 is 2.18 bits per heavy atom. The van der Waals surface area contributed by atoms with Crippen LogP contribution in [0.2, 0.25) is 0 Å². The summed E-state index contributed by atoms with van der Waals surface area (Å²) in [5.41, 5.74) is 6.92. The van der Waals surface area contributed by atoms with Crippen molar-refractivity contribution in [2.45, 2.75) is 33.6 Å². The van der Waals surface area contributed by atoms with E-state index in [1.54, 1.807) is 0 Å². The first-order valence-corrected chi connectivity index (χ1v) is 4.74. The van der Waals surface area contributed by atoms with Gasteiger partial charge in [0.25, 0.3) is 0 Å². The summed E-state index contributed by atoms with van der Waals surface area (Å²) in [4.78, 5) is 0. The summed E-state index contributed by atoms with van der Waals surface area (Å²) in [7, 11) is 0. The lowest BCUT2D eigenvalue weighted by Crippen LogP contribution is -2.57. The SMILES string of the molecule is CC1(C)[C@H]2CC[C@@]1(C)[C@@H]2CN. The molecule has 0 saturated heterocycles. The van der Waals surface area contributed by atoms with E-state index in [0.29, 0.717) is 10.8 Å². The molecule has 0 amide bonds. The topological polar surface area (TPSA) is 26.0 Å². The van der Waals surface area contributed by atoms with Gasteiger partial charge in [-0.2, -0.15) is 0 Å². The molecule has 0 spiro atoms. The van der Waals surface area contributed by atoms with Crippen LogP contribution in [0.5, 0.6) is 0 Å². The summed E-state index contributed by atoms with van der Waals surface area (Å²) in [6.07, 6.45) is 2.83. The Bertz CT molecular complexity index is 185. The van der Waals surface area contributed by atoms with Gasteiger partial charge in [0.1, 0.15) is 0 Å². The van der Waals surface area contributed by atoms with Crippen molar-refractivity contribution in [3.05, 3.63) is 0 Å². The van der Waals surface area contributed by atoms with Crippen LogP contribution in [0.25, 0.3) is 0 Å². The van der Waals surface area contributed by atoms with Crippen molar-refractivity contribution >= 4 is 0 Å². The Morgan fingerprint density at radius 1 is 1.36 bits per heavy atom. The molecule has 11 heavy (non-hydrogen) atoms. The predicted octanol–water partition coefficient (Wildman–Crippen LogP) is 2.02. The average molecular weight is 153 g/mol. The maximum absolute atomic E-state index is 5.76. The molecule has 1 nitrogen and oxygen atoms in total. The number of rotatable bonds is 1. The van der Waals surface area contributed by atoms with Gasteiger partial charge in [-0.05, 0) is 42.1 Å². The smallest absolute Gasteiger partial charge is 0.00406 e. The minimum absolute atomic E-state index is 0.576. The highest BCUT2D eigenvalue weighted by molar-refractivity contribution is 5.16. The molecule has 3 aliphatic rings. The van der Waals surface area contributed by atoms with Crippen molar-refractivity contribution < 1.29 is 0 Å². The van der Waals surface area contributed by atoms with Crippen LogP contribution in [-0.4, -0.2) is 6.54 Å². The molecule has 0 heterocycles. The Labute approximate surface area is 69.4 Å². The number of nitrogens with two attached hydrogens (primary N) is 1. The molecule has 0 aromatic heterocycles. The molecule has 0 aromatic carbocycles. The lowest BCUT2D eigenvalue weighted by Gasteiger charge is -2.60. The van der Waals surface area contributed by atoms with Gasteiger partial charge in [-0.1, -0.05) is 20.8 Å². The molecule has 2 bridgehead atoms. The van der Waals surface area contributed by atoms with Crippen molar-refractivity contribution in [2.75, 3.05) is 6.54 Å². The second-order valence-electron chi connectivity index (χ2n) is 5.13. The van der Waals surface area contributed by atoms with Gasteiger partial charge in [-0.3, -0.25) is 0 Å². The van der Waals surface area contributed by atoms with Gasteiger partial charge in [-0.15, -0.1) is 0 Å². The van der Waals surface area contributed by atoms with E-state index in [1.807, 2.05) is 0 Å². The predicted molar refractivity (Wildman–Crippen MR) is 47.2 cm³/mol. The highest BCUT2D eigenvalue weighted by Gasteiger charge is 2.67. The van der Waals surface area contributed by atoms with Crippen LogP contribution in [0.4, 0.5) is 0 Å². The molecule has 3 atom stereocenters. The van der Waals surface area contributed by atoms with Crippen LogP contribution < -0.4 is 5.73 Å². The van der Waals surface area contributed by atoms with Crippen LogP contribution in [0.15, 0.2) is 0 Å². The summed E-state index contributed by atoms with van der Waals surface area (Å²) in [5.74, 6) is 1.76. The highest BCUT2D eigenvalue weighted by Crippen LogP contribution is 2.73. The first-order chi connectivity index (χ1) is 5.04. The van der Waals surface area contributed by atoms with E-state index >= 15 is 0 Å². The van der Waals surface area contributed by atoms with E-state index in [4.69, 9.17) is 5.73 Å². The molecule has 2 N–H and O–H groups in total. The fourth-order valence-corrected chi connectivity index (χ4v) is 3.70. The first kappa shape index (κ1) is 7.60. The summed E-state index contributed by atoms with van der Waals surface area (Å²) < 4.78 is 0. The van der Waals surface area contributed by atoms with Crippen molar-refractivity contribution in [3.63, 3.8) is 0 Å². The maximum atomic E-state index is 5.76. The molecule has 0 aliphatic heterocycles. The fraction of sp³-hybridized carbons (Fsp3) is 1.00. The molecular formula is C10H19N. The monoisotopic (exact) mass is 153 g/mol. The zero-order chi connectivity index (χ0) is 8.28. The van der Waals surface area contributed by atoms with Gasteiger partial charge >= 0.3 is 0 Å². The molecule has 3 saturated carbocycles. The normalized spacial score (nSPS) is 52.4. The van der Waals surface area contributed by atoms with Crippen LogP contribution in [-0.2, 0) is 0 Å². The van der Waals surface area contributed by atoms with Gasteiger partial charge in [0.15, 0.2) is 0 Å². The van der Waals surface area contributed by atoms with Crippen LogP contribution >= 0.6 is 0 Å². The lowest BCUT2D eigenvalue weighted by molar-refractivity contribution is -0.112. The zero-order valence-electron chi connectivity index (χ0n) is 7.85. The quantitative estimate of drug-likeness (QED) is 0.612. The molecule has 3 fully saturated rings. The third-order valence-electron chi connectivity index (χ3n) is 4.93. The van der Waals surface area contributed by atoms with E-state index in [9.17, 15) is 0 Å². The second-order valence-corrected chi connectivity index (χ2v) is 5.13. The van der Waals surface area contributed by atoms with Crippen molar-refractivity contribution in [1.29, 1.82) is 0 Å². The third kappa shape index (κ3) is 0.581. The number of hydrogen-bond donors (Lipinski definition) is 1. The maximum Gasteiger partial charge on any atom is -0.00406 e. The molecule has 3 rings (SSSR count). The van der Waals surface area contributed by atoms with E-state index < -0.39 is 0 Å². The molecule has 1 heteroatoms. The Morgan fingerprint density at radius 2 is 2.00 bits per heavy atom. The molecule has 64 valence electrons. The minimum atomic E-state index is 0.576. The first-order valence-electron chi connectivity index (χ1n) is 4.74. The van der Waals surface area contributed by atoms with Gasteiger partial charge in [-0.25, -0.2) is 0 Å². The van der Waals surface area contributed by atoms with Crippen LogP contribution in [0, 0.1) is 22.7 Å². The molecule has 0 unspecified atom stereocenters. The Hall–Kier alpha value is -0.0400. The van der Waals surface area contributed by atoms with Gasteiger partial charge in [0.05, 0.1) is 0 Å². The zero-order valence-corrected chi connectivity index (χ0v) is 7.85. The van der Waals surface area contributed by atoms with Crippen LogP contribution in [0.1, 0.15) is 33.6 Å². The van der Waals surface area contributed by atoms with Crippen molar-refractivity contribution in [2.24, 2.45) is 28.4 Å². The number of hydrogen-bond acceptors (Lipinski definition) is 1. The third-order valence-corrected chi connectivity index (χ3v) is 4.93. The Kier molecular flexibility index (Phi) is 1.26.